The van der Waals surface area contributed by atoms with Gasteiger partial charge in [-0.2, -0.15) is 5.26 Å². The van der Waals surface area contributed by atoms with E-state index < -0.39 is 0 Å². The molecule has 23 heavy (non-hydrogen) atoms. The number of benzene rings is 2. The Labute approximate surface area is 138 Å². The Morgan fingerprint density at radius 1 is 1.13 bits per heavy atom. The first-order chi connectivity index (χ1) is 11.3. The highest BCUT2D eigenvalue weighted by atomic mass is 16.5. The Kier molecular flexibility index (Phi) is 4.95. The second-order valence-corrected chi connectivity index (χ2v) is 5.94. The molecule has 0 saturated carbocycles. The third kappa shape index (κ3) is 3.72. The minimum Gasteiger partial charge on any atom is -0.494 e. The molecule has 0 amide bonds. The van der Waals surface area contributed by atoms with E-state index in [0.717, 1.165) is 24.4 Å². The Balaban J connectivity index is 1.70. The van der Waals surface area contributed by atoms with Crippen LogP contribution in [0.2, 0.25) is 0 Å². The molecule has 3 heteroatoms. The van der Waals surface area contributed by atoms with Gasteiger partial charge in [0, 0.05) is 12.6 Å². The average Bonchev–Trinajstić information content (AvgIpc) is 3.05. The zero-order valence-corrected chi connectivity index (χ0v) is 13.5. The van der Waals surface area contributed by atoms with Crippen molar-refractivity contribution in [1.82, 2.24) is 4.90 Å². The molecule has 1 fully saturated rings. The summed E-state index contributed by atoms with van der Waals surface area (Å²) in [6.07, 6.45) is 2.43. The maximum atomic E-state index is 8.89. The van der Waals surface area contributed by atoms with Crippen molar-refractivity contribution in [2.24, 2.45) is 0 Å². The molecule has 1 aliphatic heterocycles. The summed E-state index contributed by atoms with van der Waals surface area (Å²) in [4.78, 5) is 2.52. The molecule has 0 aliphatic carbocycles. The lowest BCUT2D eigenvalue weighted by Gasteiger charge is -2.25. The van der Waals surface area contributed by atoms with Gasteiger partial charge in [-0.3, -0.25) is 4.90 Å². The highest BCUT2D eigenvalue weighted by Gasteiger charge is 2.25. The van der Waals surface area contributed by atoms with Crippen molar-refractivity contribution in [2.45, 2.75) is 32.4 Å². The van der Waals surface area contributed by atoms with Gasteiger partial charge in [-0.25, -0.2) is 0 Å². The largest absolute Gasteiger partial charge is 0.494 e. The molecular formula is C20H22N2O. The Bertz CT molecular complexity index is 670. The van der Waals surface area contributed by atoms with Gasteiger partial charge in [-0.15, -0.1) is 0 Å². The van der Waals surface area contributed by atoms with Crippen LogP contribution in [-0.4, -0.2) is 18.1 Å². The number of rotatable bonds is 5. The van der Waals surface area contributed by atoms with Gasteiger partial charge in [-0.1, -0.05) is 24.3 Å². The molecule has 3 rings (SSSR count). The lowest BCUT2D eigenvalue weighted by molar-refractivity contribution is 0.248. The molecule has 0 spiro atoms. The monoisotopic (exact) mass is 306 g/mol. The van der Waals surface area contributed by atoms with Crippen LogP contribution >= 0.6 is 0 Å². The SMILES string of the molecule is CCOc1ccc([C@H]2CCCN2Cc2ccc(C#N)cc2)cc1. The number of nitrogens with zero attached hydrogens (tertiary/aromatic N) is 2. The van der Waals surface area contributed by atoms with E-state index in [-0.39, 0.29) is 0 Å². The molecule has 0 N–H and O–H groups in total. The summed E-state index contributed by atoms with van der Waals surface area (Å²) in [6, 6.07) is 19.1. The number of ether oxygens (including phenoxy) is 1. The van der Waals surface area contributed by atoms with Crippen LogP contribution in [0.1, 0.15) is 42.5 Å². The fraction of sp³-hybridized carbons (Fsp3) is 0.350. The summed E-state index contributed by atoms with van der Waals surface area (Å²) in [5.74, 6) is 0.938. The minimum absolute atomic E-state index is 0.473. The van der Waals surface area contributed by atoms with Gasteiger partial charge in [-0.05, 0) is 61.7 Å². The van der Waals surface area contributed by atoms with Crippen LogP contribution in [0, 0.1) is 11.3 Å². The molecule has 1 saturated heterocycles. The van der Waals surface area contributed by atoms with Crippen LogP contribution in [-0.2, 0) is 6.54 Å². The van der Waals surface area contributed by atoms with Crippen molar-refractivity contribution in [3.8, 4) is 11.8 Å². The second kappa shape index (κ2) is 7.30. The zero-order chi connectivity index (χ0) is 16.1. The Morgan fingerprint density at radius 3 is 2.52 bits per heavy atom. The summed E-state index contributed by atoms with van der Waals surface area (Å²) in [7, 11) is 0. The maximum Gasteiger partial charge on any atom is 0.119 e. The van der Waals surface area contributed by atoms with Gasteiger partial charge < -0.3 is 4.74 Å². The van der Waals surface area contributed by atoms with Crippen molar-refractivity contribution in [1.29, 1.82) is 5.26 Å². The van der Waals surface area contributed by atoms with E-state index in [1.165, 1.54) is 24.0 Å². The van der Waals surface area contributed by atoms with E-state index in [1.54, 1.807) is 0 Å². The Morgan fingerprint density at radius 2 is 1.87 bits per heavy atom. The van der Waals surface area contributed by atoms with Gasteiger partial charge in [0.15, 0.2) is 0 Å². The molecule has 0 bridgehead atoms. The summed E-state index contributed by atoms with van der Waals surface area (Å²) in [5, 5.41) is 8.89. The van der Waals surface area contributed by atoms with Crippen molar-refractivity contribution >= 4 is 0 Å². The molecule has 3 nitrogen and oxygen atoms in total. The van der Waals surface area contributed by atoms with E-state index in [1.807, 2.05) is 19.1 Å². The highest BCUT2D eigenvalue weighted by molar-refractivity contribution is 5.32. The van der Waals surface area contributed by atoms with Crippen LogP contribution in [0.5, 0.6) is 5.75 Å². The predicted molar refractivity (Wildman–Crippen MR) is 91.2 cm³/mol. The quantitative estimate of drug-likeness (QED) is 0.826. The molecule has 1 heterocycles. The second-order valence-electron chi connectivity index (χ2n) is 5.94. The van der Waals surface area contributed by atoms with E-state index in [9.17, 15) is 0 Å². The summed E-state index contributed by atoms with van der Waals surface area (Å²) < 4.78 is 5.53. The average molecular weight is 306 g/mol. The fourth-order valence-corrected chi connectivity index (χ4v) is 3.26. The lowest BCUT2D eigenvalue weighted by atomic mass is 10.0. The third-order valence-electron chi connectivity index (χ3n) is 4.41. The molecule has 0 unspecified atom stereocenters. The third-order valence-corrected chi connectivity index (χ3v) is 4.41. The Hall–Kier alpha value is -2.31. The molecule has 118 valence electrons. The normalized spacial score (nSPS) is 17.8. The molecule has 2 aromatic rings. The molecule has 0 radical (unpaired) electrons. The smallest absolute Gasteiger partial charge is 0.119 e. The van der Waals surface area contributed by atoms with Gasteiger partial charge in [0.05, 0.1) is 18.2 Å². The van der Waals surface area contributed by atoms with Crippen LogP contribution in [0.25, 0.3) is 0 Å². The van der Waals surface area contributed by atoms with Crippen molar-refractivity contribution < 1.29 is 4.74 Å². The number of likely N-dealkylation sites (tertiary alicyclic amines) is 1. The maximum absolute atomic E-state index is 8.89. The predicted octanol–water partition coefficient (Wildman–Crippen LogP) is 4.29. The fourth-order valence-electron chi connectivity index (χ4n) is 3.26. The minimum atomic E-state index is 0.473. The van der Waals surface area contributed by atoms with Gasteiger partial charge in [0.2, 0.25) is 0 Å². The molecular weight excluding hydrogens is 284 g/mol. The van der Waals surface area contributed by atoms with E-state index in [4.69, 9.17) is 10.00 Å². The topological polar surface area (TPSA) is 36.3 Å². The van der Waals surface area contributed by atoms with Crippen molar-refractivity contribution in [3.63, 3.8) is 0 Å². The number of nitriles is 1. The summed E-state index contributed by atoms with van der Waals surface area (Å²) in [5.41, 5.74) is 3.35. The summed E-state index contributed by atoms with van der Waals surface area (Å²) in [6.45, 7) is 4.76. The van der Waals surface area contributed by atoms with Gasteiger partial charge in [0.1, 0.15) is 5.75 Å². The number of hydrogen-bond acceptors (Lipinski definition) is 3. The van der Waals surface area contributed by atoms with E-state index >= 15 is 0 Å². The standard InChI is InChI=1S/C20H22N2O/c1-2-23-19-11-9-18(10-12-19)20-4-3-13-22(20)15-17-7-5-16(14-21)6-8-17/h5-12,20H,2-4,13,15H2,1H3/t20-/m1/s1. The molecule has 0 aromatic heterocycles. The first kappa shape index (κ1) is 15.6. The van der Waals surface area contributed by atoms with Crippen LogP contribution in [0.4, 0.5) is 0 Å². The molecule has 1 aliphatic rings. The molecule has 1 atom stereocenters. The van der Waals surface area contributed by atoms with Crippen LogP contribution < -0.4 is 4.74 Å². The highest BCUT2D eigenvalue weighted by Crippen LogP contribution is 2.33. The van der Waals surface area contributed by atoms with E-state index in [2.05, 4.69) is 47.4 Å². The number of hydrogen-bond donors (Lipinski definition) is 0. The zero-order valence-electron chi connectivity index (χ0n) is 13.5. The van der Waals surface area contributed by atoms with Gasteiger partial charge >= 0.3 is 0 Å². The summed E-state index contributed by atoms with van der Waals surface area (Å²) >= 11 is 0. The first-order valence-corrected chi connectivity index (χ1v) is 8.26. The van der Waals surface area contributed by atoms with Crippen LogP contribution in [0.3, 0.4) is 0 Å². The van der Waals surface area contributed by atoms with Crippen LogP contribution in [0.15, 0.2) is 48.5 Å². The lowest BCUT2D eigenvalue weighted by Crippen LogP contribution is -2.22. The van der Waals surface area contributed by atoms with Gasteiger partial charge in [0.25, 0.3) is 0 Å². The molecule has 2 aromatic carbocycles. The first-order valence-electron chi connectivity index (χ1n) is 8.26. The van der Waals surface area contributed by atoms with E-state index in [0.29, 0.717) is 12.6 Å². The van der Waals surface area contributed by atoms with Crippen molar-refractivity contribution in [2.75, 3.05) is 13.2 Å². The van der Waals surface area contributed by atoms with Crippen molar-refractivity contribution in [3.05, 3.63) is 65.2 Å².